The Hall–Kier alpha value is -2.31. The first kappa shape index (κ1) is 13.1. The summed E-state index contributed by atoms with van der Waals surface area (Å²) < 4.78 is 5.64. The molecule has 0 fully saturated rings. The summed E-state index contributed by atoms with van der Waals surface area (Å²) in [5.41, 5.74) is 1.85. The van der Waals surface area contributed by atoms with Crippen molar-refractivity contribution < 1.29 is 9.84 Å². The number of aliphatic hydroxyl groups excluding tert-OH is 1. The smallest absolute Gasteiger partial charge is 0.244 e. The molecule has 0 heterocycles. The standard InChI is InChI=1S/C16H15NO2/c1-17-11-16(18)14-7-9-15(10-8-14)19-12-13-5-3-2-4-6-13/h2-10,16,18H,11-12H2. The fourth-order valence-electron chi connectivity index (χ4n) is 1.72. The van der Waals surface area contributed by atoms with Gasteiger partial charge in [-0.2, -0.15) is 0 Å². The molecule has 3 nitrogen and oxygen atoms in total. The second-order valence-corrected chi connectivity index (χ2v) is 4.20. The van der Waals surface area contributed by atoms with Crippen LogP contribution < -0.4 is 4.74 Å². The Morgan fingerprint density at radius 3 is 2.37 bits per heavy atom. The lowest BCUT2D eigenvalue weighted by atomic mass is 10.1. The van der Waals surface area contributed by atoms with Crippen LogP contribution in [0.1, 0.15) is 17.2 Å². The first-order chi connectivity index (χ1) is 9.29. The van der Waals surface area contributed by atoms with Gasteiger partial charge in [0.05, 0.1) is 0 Å². The molecule has 19 heavy (non-hydrogen) atoms. The van der Waals surface area contributed by atoms with E-state index in [1.165, 1.54) is 0 Å². The maximum atomic E-state index is 9.66. The van der Waals surface area contributed by atoms with E-state index in [1.807, 2.05) is 42.5 Å². The third-order valence-electron chi connectivity index (χ3n) is 2.78. The molecule has 0 radical (unpaired) electrons. The third kappa shape index (κ3) is 3.84. The van der Waals surface area contributed by atoms with Crippen LogP contribution in [0.25, 0.3) is 4.85 Å². The van der Waals surface area contributed by atoms with Crippen molar-refractivity contribution in [3.05, 3.63) is 77.1 Å². The molecule has 2 rings (SSSR count). The van der Waals surface area contributed by atoms with E-state index in [4.69, 9.17) is 11.3 Å². The lowest BCUT2D eigenvalue weighted by molar-refractivity contribution is 0.195. The minimum absolute atomic E-state index is 0.0875. The number of hydrogen-bond acceptors (Lipinski definition) is 2. The first-order valence-corrected chi connectivity index (χ1v) is 6.07. The molecule has 0 saturated carbocycles. The average molecular weight is 253 g/mol. The Balaban J connectivity index is 1.94. The lowest BCUT2D eigenvalue weighted by Gasteiger charge is -2.08. The van der Waals surface area contributed by atoms with Gasteiger partial charge in [-0.1, -0.05) is 42.5 Å². The van der Waals surface area contributed by atoms with Gasteiger partial charge in [-0.3, -0.25) is 0 Å². The fraction of sp³-hybridized carbons (Fsp3) is 0.188. The van der Waals surface area contributed by atoms with E-state index in [9.17, 15) is 5.11 Å². The van der Waals surface area contributed by atoms with Crippen molar-refractivity contribution in [1.29, 1.82) is 0 Å². The number of hydrogen-bond donors (Lipinski definition) is 1. The summed E-state index contributed by atoms with van der Waals surface area (Å²) in [6, 6.07) is 17.1. The number of ether oxygens (including phenoxy) is 1. The van der Waals surface area contributed by atoms with Crippen LogP contribution in [0, 0.1) is 6.57 Å². The predicted octanol–water partition coefficient (Wildman–Crippen LogP) is 3.22. The van der Waals surface area contributed by atoms with Crippen molar-refractivity contribution >= 4 is 0 Å². The zero-order valence-electron chi connectivity index (χ0n) is 10.5. The topological polar surface area (TPSA) is 33.8 Å². The van der Waals surface area contributed by atoms with Crippen molar-refractivity contribution in [2.24, 2.45) is 0 Å². The van der Waals surface area contributed by atoms with Crippen molar-refractivity contribution in [2.45, 2.75) is 12.7 Å². The summed E-state index contributed by atoms with van der Waals surface area (Å²) in [7, 11) is 0. The molecular formula is C16H15NO2. The van der Waals surface area contributed by atoms with Gasteiger partial charge in [0.15, 0.2) is 6.10 Å². The fourth-order valence-corrected chi connectivity index (χ4v) is 1.72. The molecule has 3 heteroatoms. The van der Waals surface area contributed by atoms with E-state index in [0.717, 1.165) is 16.9 Å². The molecule has 1 N–H and O–H groups in total. The van der Waals surface area contributed by atoms with E-state index in [-0.39, 0.29) is 6.54 Å². The summed E-state index contributed by atoms with van der Waals surface area (Å²) >= 11 is 0. The van der Waals surface area contributed by atoms with E-state index >= 15 is 0 Å². The van der Waals surface area contributed by atoms with Gasteiger partial charge in [-0.05, 0) is 23.3 Å². The average Bonchev–Trinajstić information content (AvgIpc) is 2.47. The highest BCUT2D eigenvalue weighted by Gasteiger charge is 2.09. The van der Waals surface area contributed by atoms with Gasteiger partial charge in [-0.25, -0.2) is 6.57 Å². The van der Waals surface area contributed by atoms with Crippen molar-refractivity contribution in [1.82, 2.24) is 0 Å². The Kier molecular flexibility index (Phi) is 4.54. The number of benzene rings is 2. The highest BCUT2D eigenvalue weighted by Crippen LogP contribution is 2.19. The van der Waals surface area contributed by atoms with Crippen LogP contribution in [0.3, 0.4) is 0 Å². The van der Waals surface area contributed by atoms with Crippen LogP contribution in [0.2, 0.25) is 0 Å². The van der Waals surface area contributed by atoms with Crippen LogP contribution in [0.4, 0.5) is 0 Å². The summed E-state index contributed by atoms with van der Waals surface area (Å²) in [6.07, 6.45) is -0.722. The van der Waals surface area contributed by atoms with Crippen LogP contribution in [-0.2, 0) is 6.61 Å². The molecule has 0 aliphatic heterocycles. The van der Waals surface area contributed by atoms with Crippen LogP contribution in [0.15, 0.2) is 54.6 Å². The molecule has 2 aromatic rings. The van der Waals surface area contributed by atoms with Crippen LogP contribution >= 0.6 is 0 Å². The zero-order valence-corrected chi connectivity index (χ0v) is 10.5. The SMILES string of the molecule is [C-]#[N+]CC(O)c1ccc(OCc2ccccc2)cc1. The van der Waals surface area contributed by atoms with Gasteiger partial charge in [0.25, 0.3) is 0 Å². The second kappa shape index (κ2) is 6.58. The first-order valence-electron chi connectivity index (χ1n) is 6.07. The van der Waals surface area contributed by atoms with Crippen LogP contribution in [0.5, 0.6) is 5.75 Å². The molecular weight excluding hydrogens is 238 g/mol. The zero-order chi connectivity index (χ0) is 13.5. The van der Waals surface area contributed by atoms with Gasteiger partial charge < -0.3 is 14.7 Å². The van der Waals surface area contributed by atoms with Gasteiger partial charge in [0.2, 0.25) is 6.54 Å². The van der Waals surface area contributed by atoms with Crippen molar-refractivity contribution in [3.8, 4) is 5.75 Å². The van der Waals surface area contributed by atoms with E-state index in [1.54, 1.807) is 12.1 Å². The van der Waals surface area contributed by atoms with Gasteiger partial charge in [-0.15, -0.1) is 0 Å². The van der Waals surface area contributed by atoms with Gasteiger partial charge in [0, 0.05) is 0 Å². The molecule has 1 atom stereocenters. The summed E-state index contributed by atoms with van der Waals surface area (Å²) in [5, 5.41) is 9.66. The van der Waals surface area contributed by atoms with Crippen LogP contribution in [-0.4, -0.2) is 11.7 Å². The Bertz CT molecular complexity index is 543. The normalized spacial score (nSPS) is 11.6. The number of rotatable bonds is 5. The van der Waals surface area contributed by atoms with E-state index in [2.05, 4.69) is 4.85 Å². The van der Waals surface area contributed by atoms with E-state index in [0.29, 0.717) is 6.61 Å². The molecule has 0 aromatic heterocycles. The molecule has 0 aliphatic carbocycles. The second-order valence-electron chi connectivity index (χ2n) is 4.20. The Morgan fingerprint density at radius 1 is 1.05 bits per heavy atom. The Labute approximate surface area is 112 Å². The monoisotopic (exact) mass is 253 g/mol. The highest BCUT2D eigenvalue weighted by atomic mass is 16.5. The molecule has 0 amide bonds. The van der Waals surface area contributed by atoms with Crippen molar-refractivity contribution in [3.63, 3.8) is 0 Å². The maximum Gasteiger partial charge on any atom is 0.244 e. The predicted molar refractivity (Wildman–Crippen MR) is 73.6 cm³/mol. The minimum atomic E-state index is -0.722. The Morgan fingerprint density at radius 2 is 1.74 bits per heavy atom. The molecule has 2 aromatic carbocycles. The summed E-state index contributed by atoms with van der Waals surface area (Å²) in [6.45, 7) is 7.33. The lowest BCUT2D eigenvalue weighted by Crippen LogP contribution is -2.00. The number of nitrogens with zero attached hydrogens (tertiary/aromatic N) is 1. The van der Waals surface area contributed by atoms with Crippen molar-refractivity contribution in [2.75, 3.05) is 6.54 Å². The molecule has 96 valence electrons. The molecule has 1 unspecified atom stereocenters. The molecule has 0 saturated heterocycles. The highest BCUT2D eigenvalue weighted by molar-refractivity contribution is 5.29. The molecule has 0 spiro atoms. The minimum Gasteiger partial charge on any atom is -0.489 e. The van der Waals surface area contributed by atoms with Gasteiger partial charge in [0.1, 0.15) is 12.4 Å². The summed E-state index contributed by atoms with van der Waals surface area (Å²) in [4.78, 5) is 3.18. The maximum absolute atomic E-state index is 9.66. The summed E-state index contributed by atoms with van der Waals surface area (Å²) in [5.74, 6) is 0.752. The van der Waals surface area contributed by atoms with E-state index < -0.39 is 6.10 Å². The molecule has 0 aliphatic rings. The number of aliphatic hydroxyl groups is 1. The van der Waals surface area contributed by atoms with Gasteiger partial charge >= 0.3 is 0 Å². The quantitative estimate of drug-likeness (QED) is 0.830. The largest absolute Gasteiger partial charge is 0.489 e. The third-order valence-corrected chi connectivity index (χ3v) is 2.78. The molecule has 0 bridgehead atoms.